The van der Waals surface area contributed by atoms with Gasteiger partial charge in [0.1, 0.15) is 0 Å². The highest BCUT2D eigenvalue weighted by atomic mass is 32.2. The van der Waals surface area contributed by atoms with Crippen LogP contribution in [0.5, 0.6) is 0 Å². The van der Waals surface area contributed by atoms with Gasteiger partial charge in [0, 0.05) is 24.4 Å². The monoisotopic (exact) mass is 458 g/mol. The molecule has 2 aliphatic rings. The van der Waals surface area contributed by atoms with Crippen molar-refractivity contribution in [2.45, 2.75) is 65.0 Å². The Morgan fingerprint density at radius 1 is 1.31 bits per heavy atom. The Balaban J connectivity index is 1.86. The first-order chi connectivity index (χ1) is 15.4. The summed E-state index contributed by atoms with van der Waals surface area (Å²) >= 11 is 1.72. The van der Waals surface area contributed by atoms with Gasteiger partial charge >= 0.3 is 5.97 Å². The molecule has 0 aromatic heterocycles. The van der Waals surface area contributed by atoms with Crippen molar-refractivity contribution in [1.82, 2.24) is 4.90 Å². The zero-order valence-corrected chi connectivity index (χ0v) is 20.0. The molecule has 0 radical (unpaired) electrons. The van der Waals surface area contributed by atoms with Gasteiger partial charge in [-0.1, -0.05) is 30.3 Å². The second-order valence-electron chi connectivity index (χ2n) is 8.42. The fourth-order valence-electron chi connectivity index (χ4n) is 3.97. The number of benzene rings is 1. The lowest BCUT2D eigenvalue weighted by molar-refractivity contribution is -0.143. The summed E-state index contributed by atoms with van der Waals surface area (Å²) in [5.41, 5.74) is 8.45. The number of unbranched alkanes of at least 4 members (excludes halogenated alkanes) is 2. The minimum absolute atomic E-state index is 0.00948. The third-order valence-electron chi connectivity index (χ3n) is 5.42. The van der Waals surface area contributed by atoms with Crippen molar-refractivity contribution in [3.8, 4) is 0 Å². The molecule has 1 aromatic rings. The van der Waals surface area contributed by atoms with Crippen LogP contribution in [-0.2, 0) is 14.3 Å². The molecule has 2 aliphatic heterocycles. The van der Waals surface area contributed by atoms with Gasteiger partial charge in [0.05, 0.1) is 23.4 Å². The van der Waals surface area contributed by atoms with Gasteiger partial charge in [-0.15, -0.1) is 0 Å². The maximum absolute atomic E-state index is 13.0. The summed E-state index contributed by atoms with van der Waals surface area (Å²) in [6.07, 6.45) is 3.98. The number of hydrogen-bond acceptors (Lipinski definition) is 7. The zero-order valence-electron chi connectivity index (χ0n) is 19.2. The number of nitrogens with one attached hydrogen (secondary N) is 1. The molecule has 2 heterocycles. The number of amides is 1. The average Bonchev–Trinajstić information content (AvgIpc) is 2.75. The number of anilines is 1. The molecule has 1 fully saturated rings. The predicted octanol–water partition coefficient (Wildman–Crippen LogP) is 4.22. The van der Waals surface area contributed by atoms with E-state index >= 15 is 0 Å². The van der Waals surface area contributed by atoms with E-state index < -0.39 is 0 Å². The number of rotatable bonds is 9. The van der Waals surface area contributed by atoms with E-state index in [9.17, 15) is 9.59 Å². The number of carbonyl (C=O) groups excluding carboxylic acids is 2. The molecular weight excluding hydrogens is 424 g/mol. The summed E-state index contributed by atoms with van der Waals surface area (Å²) in [7, 11) is 0. The molecule has 1 unspecified atom stereocenters. The van der Waals surface area contributed by atoms with Crippen LogP contribution in [0.3, 0.4) is 0 Å². The molecule has 0 saturated carbocycles. The van der Waals surface area contributed by atoms with Crippen molar-refractivity contribution in [2.24, 2.45) is 10.7 Å². The van der Waals surface area contributed by atoms with Crippen LogP contribution in [0.15, 0.2) is 40.5 Å². The van der Waals surface area contributed by atoms with E-state index in [0.717, 1.165) is 54.4 Å². The quantitative estimate of drug-likeness (QED) is 0.425. The Morgan fingerprint density at radius 2 is 2.12 bits per heavy atom. The number of fused-ring (bicyclic) bond motifs is 1. The molecule has 0 bridgehead atoms. The van der Waals surface area contributed by atoms with Crippen molar-refractivity contribution in [3.63, 3.8) is 0 Å². The van der Waals surface area contributed by atoms with Gasteiger partial charge in [-0.25, -0.2) is 9.79 Å². The zero-order chi connectivity index (χ0) is 23.1. The van der Waals surface area contributed by atoms with E-state index in [2.05, 4.69) is 10.2 Å². The molecule has 0 aliphatic carbocycles. The summed E-state index contributed by atoms with van der Waals surface area (Å²) in [6.45, 7) is 7.04. The van der Waals surface area contributed by atoms with E-state index in [1.807, 2.05) is 45.0 Å². The van der Waals surface area contributed by atoms with Crippen LogP contribution < -0.4 is 11.1 Å². The maximum atomic E-state index is 13.0. The highest BCUT2D eigenvalue weighted by Gasteiger charge is 2.38. The van der Waals surface area contributed by atoms with Gasteiger partial charge in [0.15, 0.2) is 5.17 Å². The lowest BCUT2D eigenvalue weighted by atomic mass is 9.94. The Morgan fingerprint density at radius 3 is 2.88 bits per heavy atom. The highest BCUT2D eigenvalue weighted by molar-refractivity contribution is 8.13. The first kappa shape index (κ1) is 24.3. The van der Waals surface area contributed by atoms with E-state index in [4.69, 9.17) is 15.5 Å². The molecule has 32 heavy (non-hydrogen) atoms. The third-order valence-corrected chi connectivity index (χ3v) is 6.49. The summed E-state index contributed by atoms with van der Waals surface area (Å²) in [6, 6.07) is 7.47. The second-order valence-corrected chi connectivity index (χ2v) is 9.48. The minimum Gasteiger partial charge on any atom is -0.459 e. The molecule has 1 amide bonds. The fraction of sp³-hybridized carbons (Fsp3) is 0.542. The summed E-state index contributed by atoms with van der Waals surface area (Å²) in [5, 5.41) is 3.94. The van der Waals surface area contributed by atoms with Gasteiger partial charge in [0.2, 0.25) is 5.91 Å². The lowest BCUT2D eigenvalue weighted by Gasteiger charge is -2.40. The van der Waals surface area contributed by atoms with Crippen molar-refractivity contribution in [2.75, 3.05) is 24.2 Å². The molecule has 174 valence electrons. The summed E-state index contributed by atoms with van der Waals surface area (Å²) < 4.78 is 5.57. The SMILES string of the molecule is CC1=C(C(=O)OC(C)C)C(c2cccc(NC(=O)CCCCCN)c2)N2CCCSC2=N1. The number of nitrogens with zero attached hydrogens (tertiary/aromatic N) is 2. The number of nitrogens with two attached hydrogens (primary N) is 1. The smallest absolute Gasteiger partial charge is 0.338 e. The molecule has 1 aromatic carbocycles. The third kappa shape index (κ3) is 6.13. The van der Waals surface area contributed by atoms with Crippen molar-refractivity contribution in [3.05, 3.63) is 41.1 Å². The molecular formula is C24H34N4O3S. The van der Waals surface area contributed by atoms with Gasteiger partial charge in [-0.05, 0) is 64.3 Å². The molecule has 1 atom stereocenters. The van der Waals surface area contributed by atoms with Crippen LogP contribution in [0.25, 0.3) is 0 Å². The number of carbonyl (C=O) groups is 2. The highest BCUT2D eigenvalue weighted by Crippen LogP contribution is 2.40. The summed E-state index contributed by atoms with van der Waals surface area (Å²) in [4.78, 5) is 32.3. The van der Waals surface area contributed by atoms with Crippen LogP contribution in [0.1, 0.15) is 64.5 Å². The topological polar surface area (TPSA) is 97.0 Å². The molecule has 3 N–H and O–H groups in total. The fourth-order valence-corrected chi connectivity index (χ4v) is 4.99. The van der Waals surface area contributed by atoms with Crippen LogP contribution in [-0.4, -0.2) is 46.9 Å². The second kappa shape index (κ2) is 11.5. The van der Waals surface area contributed by atoms with Crippen LogP contribution in [0, 0.1) is 0 Å². The van der Waals surface area contributed by atoms with Gasteiger partial charge in [-0.2, -0.15) is 0 Å². The molecule has 3 rings (SSSR count). The van der Waals surface area contributed by atoms with Gasteiger partial charge in [-0.3, -0.25) is 4.79 Å². The van der Waals surface area contributed by atoms with Crippen molar-refractivity contribution < 1.29 is 14.3 Å². The number of hydrogen-bond donors (Lipinski definition) is 2. The number of ether oxygens (including phenoxy) is 1. The number of amidine groups is 1. The van der Waals surface area contributed by atoms with E-state index in [-0.39, 0.29) is 24.0 Å². The normalized spacial score (nSPS) is 18.3. The Hall–Kier alpha value is -2.32. The minimum atomic E-state index is -0.338. The van der Waals surface area contributed by atoms with Gasteiger partial charge < -0.3 is 20.7 Å². The molecule has 8 heteroatoms. The van der Waals surface area contributed by atoms with Crippen LogP contribution in [0.2, 0.25) is 0 Å². The number of thioether (sulfide) groups is 1. The van der Waals surface area contributed by atoms with Crippen molar-refractivity contribution in [1.29, 1.82) is 0 Å². The predicted molar refractivity (Wildman–Crippen MR) is 130 cm³/mol. The van der Waals surface area contributed by atoms with E-state index in [0.29, 0.717) is 24.2 Å². The van der Waals surface area contributed by atoms with Crippen LogP contribution in [0.4, 0.5) is 5.69 Å². The standard InChI is InChI=1S/C24H34N4O3S/c1-16(2)31-23(30)21-17(3)26-24-28(13-8-14-32-24)22(21)18-9-7-10-19(15-18)27-20(29)11-5-4-6-12-25/h7,9-10,15-16,22H,4-6,8,11-14,25H2,1-3H3,(H,27,29). The molecule has 7 nitrogen and oxygen atoms in total. The Bertz CT molecular complexity index is 897. The number of allylic oxidation sites excluding steroid dienone is 1. The van der Waals surface area contributed by atoms with E-state index in [1.54, 1.807) is 11.8 Å². The number of esters is 1. The Kier molecular flexibility index (Phi) is 8.75. The van der Waals surface area contributed by atoms with Crippen LogP contribution >= 0.6 is 11.8 Å². The molecule has 0 spiro atoms. The Labute approximate surface area is 194 Å². The maximum Gasteiger partial charge on any atom is 0.338 e. The number of aliphatic imine (C=N–C) groups is 1. The van der Waals surface area contributed by atoms with Gasteiger partial charge in [0.25, 0.3) is 0 Å². The van der Waals surface area contributed by atoms with Crippen molar-refractivity contribution >= 4 is 34.5 Å². The summed E-state index contributed by atoms with van der Waals surface area (Å²) in [5.74, 6) is 0.668. The first-order valence-electron chi connectivity index (χ1n) is 11.4. The average molecular weight is 459 g/mol. The van der Waals surface area contributed by atoms with E-state index in [1.165, 1.54) is 0 Å². The molecule has 1 saturated heterocycles. The lowest BCUT2D eigenvalue weighted by Crippen LogP contribution is -2.42. The largest absolute Gasteiger partial charge is 0.459 e. The first-order valence-corrected chi connectivity index (χ1v) is 12.4.